The molecule has 0 atom stereocenters. The van der Waals surface area contributed by atoms with Gasteiger partial charge in [0.25, 0.3) is 0 Å². The smallest absolute Gasteiger partial charge is 0.336 e. The third kappa shape index (κ3) is 3.87. The van der Waals surface area contributed by atoms with E-state index in [0.29, 0.717) is 39.1 Å². The fourth-order valence-electron chi connectivity index (χ4n) is 3.74. The summed E-state index contributed by atoms with van der Waals surface area (Å²) >= 11 is 0. The standard InChI is InChI=1S/C26H24N2O4/c1-26(2,3)23(29)11-14-4-7-17(25(30)31)20(10-14)24-18-8-5-15(27)12-21(18)32-22-13-16(28)6-9-19(22)24/h4-10,12-13,27H,11,28H2,1-3H3,(H,30,31). The number of benzene rings is 3. The van der Waals surface area contributed by atoms with Gasteiger partial charge in [-0.1, -0.05) is 26.8 Å². The molecular weight excluding hydrogens is 404 g/mol. The molecule has 4 N–H and O–H groups in total. The molecule has 1 aliphatic carbocycles. The molecule has 32 heavy (non-hydrogen) atoms. The molecule has 0 unspecified atom stereocenters. The number of hydrogen-bond acceptors (Lipinski definition) is 5. The number of hydrogen-bond donors (Lipinski definition) is 3. The number of aromatic carboxylic acids is 1. The molecule has 0 spiro atoms. The minimum absolute atomic E-state index is 0.0657. The molecule has 1 aliphatic heterocycles. The number of nitrogen functional groups attached to an aromatic ring is 1. The third-order valence-electron chi connectivity index (χ3n) is 5.53. The fourth-order valence-corrected chi connectivity index (χ4v) is 3.74. The van der Waals surface area contributed by atoms with Crippen LogP contribution < -0.4 is 11.1 Å². The lowest BCUT2D eigenvalue weighted by Crippen LogP contribution is -2.22. The van der Waals surface area contributed by atoms with Crippen LogP contribution in [-0.4, -0.2) is 16.9 Å². The van der Waals surface area contributed by atoms with Gasteiger partial charge in [0.2, 0.25) is 0 Å². The largest absolute Gasteiger partial charge is 0.478 e. The van der Waals surface area contributed by atoms with Crippen molar-refractivity contribution in [2.45, 2.75) is 27.2 Å². The van der Waals surface area contributed by atoms with Crippen molar-refractivity contribution >= 4 is 28.4 Å². The van der Waals surface area contributed by atoms with E-state index in [2.05, 4.69) is 0 Å². The number of carboxylic acids is 1. The highest BCUT2D eigenvalue weighted by Crippen LogP contribution is 2.42. The van der Waals surface area contributed by atoms with E-state index in [1.54, 1.807) is 54.6 Å². The molecule has 0 amide bonds. The number of fused-ring (bicyclic) bond motifs is 2. The Labute approximate surface area is 185 Å². The van der Waals surface area contributed by atoms with E-state index >= 15 is 0 Å². The number of carboxylic acid groups (broad SMARTS) is 1. The number of carbonyl (C=O) groups is 2. The molecule has 0 fully saturated rings. The predicted octanol–water partition coefficient (Wildman–Crippen LogP) is 5.12. The maximum atomic E-state index is 12.6. The first-order valence-electron chi connectivity index (χ1n) is 10.2. The van der Waals surface area contributed by atoms with Crippen LogP contribution in [0.25, 0.3) is 33.4 Å². The van der Waals surface area contributed by atoms with Gasteiger partial charge in [-0.2, -0.15) is 0 Å². The minimum Gasteiger partial charge on any atom is -0.478 e. The maximum absolute atomic E-state index is 12.6. The molecule has 0 aromatic heterocycles. The molecule has 1 heterocycles. The van der Waals surface area contributed by atoms with Crippen molar-refractivity contribution in [1.29, 1.82) is 5.41 Å². The van der Waals surface area contributed by atoms with Crippen LogP contribution in [0.1, 0.15) is 36.7 Å². The number of anilines is 1. The molecule has 6 heteroatoms. The monoisotopic (exact) mass is 428 g/mol. The van der Waals surface area contributed by atoms with Crippen LogP contribution in [0.2, 0.25) is 0 Å². The zero-order valence-corrected chi connectivity index (χ0v) is 18.2. The number of Topliss-reactive ketones (excluding diaryl/α,β-unsaturated/α-hetero) is 1. The van der Waals surface area contributed by atoms with Crippen LogP contribution in [0, 0.1) is 10.8 Å². The van der Waals surface area contributed by atoms with Crippen molar-refractivity contribution in [3.63, 3.8) is 0 Å². The van der Waals surface area contributed by atoms with Gasteiger partial charge in [0.1, 0.15) is 17.1 Å². The second-order valence-electron chi connectivity index (χ2n) is 8.98. The normalized spacial score (nSPS) is 11.7. The summed E-state index contributed by atoms with van der Waals surface area (Å²) in [5.41, 5.74) is 9.16. The zero-order chi connectivity index (χ0) is 23.2. The zero-order valence-electron chi connectivity index (χ0n) is 18.2. The number of nitrogens with one attached hydrogen (secondary N) is 1. The summed E-state index contributed by atoms with van der Waals surface area (Å²) in [6, 6.07) is 15.2. The Morgan fingerprint density at radius 3 is 2.44 bits per heavy atom. The Morgan fingerprint density at radius 1 is 1.00 bits per heavy atom. The van der Waals surface area contributed by atoms with Gasteiger partial charge in [-0.05, 0) is 47.5 Å². The number of ketones is 1. The minimum atomic E-state index is -1.07. The van der Waals surface area contributed by atoms with E-state index in [-0.39, 0.29) is 23.1 Å². The second-order valence-corrected chi connectivity index (χ2v) is 8.98. The van der Waals surface area contributed by atoms with Gasteiger partial charge in [0.15, 0.2) is 0 Å². The number of rotatable bonds is 4. The summed E-state index contributed by atoms with van der Waals surface area (Å²) < 4.78 is 6.01. The van der Waals surface area contributed by atoms with E-state index < -0.39 is 11.4 Å². The van der Waals surface area contributed by atoms with Gasteiger partial charge in [0, 0.05) is 46.2 Å². The Morgan fingerprint density at radius 2 is 1.75 bits per heavy atom. The van der Waals surface area contributed by atoms with Gasteiger partial charge >= 0.3 is 5.97 Å². The van der Waals surface area contributed by atoms with Crippen LogP contribution >= 0.6 is 0 Å². The van der Waals surface area contributed by atoms with Gasteiger partial charge < -0.3 is 20.7 Å². The summed E-state index contributed by atoms with van der Waals surface area (Å²) in [6.07, 6.45) is 0.202. The van der Waals surface area contributed by atoms with Gasteiger partial charge in [0.05, 0.1) is 10.9 Å². The van der Waals surface area contributed by atoms with Crippen LogP contribution in [0.3, 0.4) is 0 Å². The SMILES string of the molecule is CC(C)(C)C(=O)Cc1ccc(C(=O)O)c(-c2c3ccc(=N)cc-3oc3cc(N)ccc23)c1. The first-order valence-corrected chi connectivity index (χ1v) is 10.2. The van der Waals surface area contributed by atoms with Gasteiger partial charge in [-0.15, -0.1) is 0 Å². The number of nitrogens with two attached hydrogens (primary N) is 1. The highest BCUT2D eigenvalue weighted by Gasteiger charge is 2.24. The highest BCUT2D eigenvalue weighted by molar-refractivity contribution is 6.08. The maximum Gasteiger partial charge on any atom is 0.336 e. The molecule has 0 saturated carbocycles. The summed E-state index contributed by atoms with van der Waals surface area (Å²) in [4.78, 5) is 24.8. The topological polar surface area (TPSA) is 117 Å². The molecule has 0 radical (unpaired) electrons. The summed E-state index contributed by atoms with van der Waals surface area (Å²) in [6.45, 7) is 5.60. The van der Waals surface area contributed by atoms with Gasteiger partial charge in [-0.25, -0.2) is 4.79 Å². The van der Waals surface area contributed by atoms with Crippen molar-refractivity contribution < 1.29 is 19.1 Å². The van der Waals surface area contributed by atoms with Crippen molar-refractivity contribution in [2.75, 3.05) is 5.73 Å². The summed E-state index contributed by atoms with van der Waals surface area (Å²) in [5.74, 6) is -0.544. The summed E-state index contributed by atoms with van der Waals surface area (Å²) in [7, 11) is 0. The molecule has 2 aliphatic rings. The summed E-state index contributed by atoms with van der Waals surface area (Å²) in [5, 5.41) is 18.9. The van der Waals surface area contributed by atoms with Crippen LogP contribution in [0.15, 0.2) is 59.0 Å². The Balaban J connectivity index is 2.06. The molecule has 0 saturated heterocycles. The molecule has 0 bridgehead atoms. The average molecular weight is 428 g/mol. The van der Waals surface area contributed by atoms with Crippen LogP contribution in [0.4, 0.5) is 5.69 Å². The van der Waals surface area contributed by atoms with E-state index in [4.69, 9.17) is 15.6 Å². The van der Waals surface area contributed by atoms with Crippen molar-refractivity contribution in [1.82, 2.24) is 0 Å². The van der Waals surface area contributed by atoms with Crippen molar-refractivity contribution in [3.05, 3.63) is 71.1 Å². The molecule has 6 nitrogen and oxygen atoms in total. The molecule has 2 aromatic carbocycles. The third-order valence-corrected chi connectivity index (χ3v) is 5.53. The highest BCUT2D eigenvalue weighted by atomic mass is 16.4. The Hall–Kier alpha value is -3.93. The lowest BCUT2D eigenvalue weighted by molar-refractivity contribution is -0.125. The quantitative estimate of drug-likeness (QED) is 0.308. The van der Waals surface area contributed by atoms with Gasteiger partial charge in [-0.3, -0.25) is 4.79 Å². The van der Waals surface area contributed by atoms with Crippen LogP contribution in [0.5, 0.6) is 0 Å². The lowest BCUT2D eigenvalue weighted by Gasteiger charge is -2.19. The van der Waals surface area contributed by atoms with Crippen molar-refractivity contribution in [2.24, 2.45) is 5.41 Å². The van der Waals surface area contributed by atoms with Crippen molar-refractivity contribution in [3.8, 4) is 22.5 Å². The Kier molecular flexibility index (Phi) is 5.09. The average Bonchev–Trinajstić information content (AvgIpc) is 2.70. The first kappa shape index (κ1) is 21.3. The fraction of sp³-hybridized carbons (Fsp3) is 0.192. The number of carbonyl (C=O) groups excluding carboxylic acids is 1. The van der Waals surface area contributed by atoms with E-state index in [0.717, 1.165) is 5.56 Å². The Bertz CT molecular complexity index is 1410. The predicted molar refractivity (Wildman–Crippen MR) is 124 cm³/mol. The molecule has 4 rings (SSSR count). The molecule has 2 aromatic rings. The van der Waals surface area contributed by atoms with E-state index in [1.807, 2.05) is 20.8 Å². The van der Waals surface area contributed by atoms with Crippen LogP contribution in [-0.2, 0) is 11.2 Å². The second kappa shape index (κ2) is 7.64. The molecule has 162 valence electrons. The lowest BCUT2D eigenvalue weighted by atomic mass is 9.85. The van der Waals surface area contributed by atoms with E-state index in [9.17, 15) is 14.7 Å². The first-order chi connectivity index (χ1) is 15.0. The molecular formula is C26H24N2O4. The van der Waals surface area contributed by atoms with E-state index in [1.165, 1.54) is 0 Å².